The number of hydrogen-bond donors (Lipinski definition) is 3. The number of fused-ring (bicyclic) bond motifs is 1. The number of nitrogens with one attached hydrogen (secondary N) is 2. The fourth-order valence-electron chi connectivity index (χ4n) is 1.70. The summed E-state index contributed by atoms with van der Waals surface area (Å²) >= 11 is 0. The first-order valence-corrected chi connectivity index (χ1v) is 4.98. The van der Waals surface area contributed by atoms with E-state index in [0.717, 1.165) is 6.20 Å². The van der Waals surface area contributed by atoms with Gasteiger partial charge >= 0.3 is 0 Å². The van der Waals surface area contributed by atoms with Gasteiger partial charge < -0.3 is 10.3 Å². The zero-order valence-electron chi connectivity index (χ0n) is 8.68. The number of rotatable bonds is 1. The molecular weight excluding hydrogens is 223 g/mol. The van der Waals surface area contributed by atoms with Gasteiger partial charge in [0, 0.05) is 17.1 Å². The Morgan fingerprint density at radius 2 is 2.29 bits per heavy atom. The normalized spacial score (nSPS) is 19.2. The van der Waals surface area contributed by atoms with Gasteiger partial charge in [-0.3, -0.25) is 5.73 Å². The molecule has 3 rings (SSSR count). The third-order valence-electron chi connectivity index (χ3n) is 2.44. The maximum atomic E-state index is 13.2. The van der Waals surface area contributed by atoms with E-state index < -0.39 is 12.1 Å². The maximum absolute atomic E-state index is 13.2. The molecule has 2 aromatic heterocycles. The molecule has 4 N–H and O–H groups in total. The van der Waals surface area contributed by atoms with Crippen molar-refractivity contribution in [2.75, 3.05) is 0 Å². The molecule has 0 aromatic carbocycles. The molecule has 1 aliphatic rings. The highest BCUT2D eigenvalue weighted by atomic mass is 19.1. The van der Waals surface area contributed by atoms with E-state index in [0.29, 0.717) is 22.4 Å². The fraction of sp³-hybridized carbons (Fsp3) is 0.100. The number of hydrogen-bond acceptors (Lipinski definition) is 5. The Kier molecular flexibility index (Phi) is 2.12. The molecule has 3 heterocycles. The Balaban J connectivity index is 2.14. The van der Waals surface area contributed by atoms with Crippen molar-refractivity contribution >= 4 is 23.2 Å². The number of halogens is 1. The average molecular weight is 232 g/mol. The van der Waals surface area contributed by atoms with Gasteiger partial charge in [0.25, 0.3) is 0 Å². The van der Waals surface area contributed by atoms with Gasteiger partial charge in [0.05, 0.1) is 12.5 Å². The van der Waals surface area contributed by atoms with Crippen LogP contribution in [-0.4, -0.2) is 28.4 Å². The summed E-state index contributed by atoms with van der Waals surface area (Å²) in [4.78, 5) is 14.8. The van der Waals surface area contributed by atoms with E-state index in [1.165, 1.54) is 12.4 Å². The predicted molar refractivity (Wildman–Crippen MR) is 62.2 cm³/mol. The van der Waals surface area contributed by atoms with Crippen molar-refractivity contribution in [3.05, 3.63) is 29.8 Å². The molecule has 0 radical (unpaired) electrons. The number of nitrogens with zero attached hydrogens (tertiary/aromatic N) is 3. The molecule has 6 nitrogen and oxygen atoms in total. The van der Waals surface area contributed by atoms with Crippen LogP contribution in [0, 0.1) is 5.82 Å². The second-order valence-electron chi connectivity index (χ2n) is 3.57. The van der Waals surface area contributed by atoms with E-state index in [1.807, 2.05) is 0 Å². The first-order chi connectivity index (χ1) is 8.24. The highest BCUT2D eigenvalue weighted by Crippen LogP contribution is 2.18. The van der Waals surface area contributed by atoms with Gasteiger partial charge in [-0.1, -0.05) is 0 Å². The zero-order valence-corrected chi connectivity index (χ0v) is 8.68. The number of nitrogens with two attached hydrogens (primary N) is 1. The lowest BCUT2D eigenvalue weighted by atomic mass is 10.2. The first kappa shape index (κ1) is 9.91. The van der Waals surface area contributed by atoms with Crippen LogP contribution in [0.1, 0.15) is 5.56 Å². The summed E-state index contributed by atoms with van der Waals surface area (Å²) in [7, 11) is 0. The molecular formula is C10H9FN6. The number of H-pyrrole nitrogens is 1. The first-order valence-electron chi connectivity index (χ1n) is 4.98. The summed E-state index contributed by atoms with van der Waals surface area (Å²) in [5.41, 5.74) is 6.90. The van der Waals surface area contributed by atoms with Gasteiger partial charge in [-0.15, -0.1) is 0 Å². The van der Waals surface area contributed by atoms with Crippen molar-refractivity contribution in [1.82, 2.24) is 15.3 Å². The maximum Gasteiger partial charge on any atom is 0.195 e. The molecule has 1 aliphatic heterocycles. The van der Waals surface area contributed by atoms with Crippen molar-refractivity contribution in [2.45, 2.75) is 6.29 Å². The number of aliphatic imine (C=N–C) groups is 2. The lowest BCUT2D eigenvalue weighted by molar-refractivity contribution is 0.624. The highest BCUT2D eigenvalue weighted by molar-refractivity contribution is 6.12. The van der Waals surface area contributed by atoms with Crippen molar-refractivity contribution in [3.63, 3.8) is 0 Å². The van der Waals surface area contributed by atoms with Crippen LogP contribution in [0.2, 0.25) is 0 Å². The molecule has 0 saturated heterocycles. The Hall–Kier alpha value is -2.28. The zero-order chi connectivity index (χ0) is 11.8. The van der Waals surface area contributed by atoms with E-state index in [9.17, 15) is 4.39 Å². The molecule has 0 aliphatic carbocycles. The topological polar surface area (TPSA) is 91.4 Å². The minimum absolute atomic E-state index is 0.396. The molecule has 0 spiro atoms. The number of aromatic amines is 1. The molecule has 86 valence electrons. The molecule has 0 saturated carbocycles. The van der Waals surface area contributed by atoms with Crippen LogP contribution in [-0.2, 0) is 0 Å². The van der Waals surface area contributed by atoms with Gasteiger partial charge in [-0.2, -0.15) is 0 Å². The standard InChI is InChI=1S/C10H9FN6/c11-5-1-6-7(3-14-8(6)13-2-5)9-15-4-16-10(12)17-9/h1-4,10H,12H2,(H,13,14)(H,15,16,17). The molecule has 1 unspecified atom stereocenters. The van der Waals surface area contributed by atoms with Gasteiger partial charge in [0.15, 0.2) is 6.29 Å². The quantitative estimate of drug-likeness (QED) is 0.661. The third-order valence-corrected chi connectivity index (χ3v) is 2.44. The van der Waals surface area contributed by atoms with Crippen LogP contribution in [0.25, 0.3) is 11.0 Å². The molecule has 0 amide bonds. The Morgan fingerprint density at radius 3 is 3.12 bits per heavy atom. The summed E-state index contributed by atoms with van der Waals surface area (Å²) in [5.74, 6) is 0.152. The largest absolute Gasteiger partial charge is 0.345 e. The summed E-state index contributed by atoms with van der Waals surface area (Å²) in [6, 6.07) is 1.40. The monoisotopic (exact) mass is 232 g/mol. The number of amidine groups is 1. The Bertz CT molecular complexity index is 629. The molecule has 0 fully saturated rings. The van der Waals surface area contributed by atoms with Crippen LogP contribution >= 0.6 is 0 Å². The summed E-state index contributed by atoms with van der Waals surface area (Å²) in [6.07, 6.45) is 3.71. The second-order valence-corrected chi connectivity index (χ2v) is 3.57. The molecule has 7 heteroatoms. The van der Waals surface area contributed by atoms with E-state index in [2.05, 4.69) is 25.3 Å². The van der Waals surface area contributed by atoms with E-state index in [4.69, 9.17) is 5.73 Å². The minimum Gasteiger partial charge on any atom is -0.345 e. The molecule has 17 heavy (non-hydrogen) atoms. The SMILES string of the molecule is NC1N=CNC(c2c[nH]c3ncc(F)cc23)=N1. The van der Waals surface area contributed by atoms with Gasteiger partial charge in [-0.05, 0) is 6.07 Å². The Labute approximate surface area is 95.5 Å². The summed E-state index contributed by atoms with van der Waals surface area (Å²) < 4.78 is 13.2. The minimum atomic E-state index is -0.627. The summed E-state index contributed by atoms with van der Waals surface area (Å²) in [6.45, 7) is 0. The van der Waals surface area contributed by atoms with Crippen LogP contribution in [0.15, 0.2) is 28.4 Å². The number of aromatic nitrogens is 2. The molecule has 1 atom stereocenters. The van der Waals surface area contributed by atoms with E-state index in [-0.39, 0.29) is 0 Å². The van der Waals surface area contributed by atoms with Gasteiger partial charge in [0.2, 0.25) is 0 Å². The van der Waals surface area contributed by atoms with Gasteiger partial charge in [-0.25, -0.2) is 19.4 Å². The number of pyridine rings is 1. The third kappa shape index (κ3) is 1.66. The average Bonchev–Trinajstić information content (AvgIpc) is 2.71. The summed E-state index contributed by atoms with van der Waals surface area (Å²) in [5, 5.41) is 3.52. The van der Waals surface area contributed by atoms with E-state index in [1.54, 1.807) is 6.20 Å². The van der Waals surface area contributed by atoms with Crippen LogP contribution in [0.5, 0.6) is 0 Å². The van der Waals surface area contributed by atoms with E-state index >= 15 is 0 Å². The molecule has 2 aromatic rings. The van der Waals surface area contributed by atoms with Crippen LogP contribution in [0.4, 0.5) is 4.39 Å². The van der Waals surface area contributed by atoms with Gasteiger partial charge in [0.1, 0.15) is 17.3 Å². The Morgan fingerprint density at radius 1 is 1.41 bits per heavy atom. The smallest absolute Gasteiger partial charge is 0.195 e. The van der Waals surface area contributed by atoms with Crippen molar-refractivity contribution in [1.29, 1.82) is 0 Å². The predicted octanol–water partition coefficient (Wildman–Crippen LogP) is 0.322. The second kappa shape index (κ2) is 3.63. The lowest BCUT2D eigenvalue weighted by Crippen LogP contribution is -2.32. The van der Waals surface area contributed by atoms with Crippen molar-refractivity contribution in [3.8, 4) is 0 Å². The fourth-order valence-corrected chi connectivity index (χ4v) is 1.70. The van der Waals surface area contributed by atoms with Crippen LogP contribution < -0.4 is 11.1 Å². The highest BCUT2D eigenvalue weighted by Gasteiger charge is 2.14. The van der Waals surface area contributed by atoms with Crippen molar-refractivity contribution < 1.29 is 4.39 Å². The molecule has 0 bridgehead atoms. The van der Waals surface area contributed by atoms with Crippen molar-refractivity contribution in [2.24, 2.45) is 15.7 Å². The lowest BCUT2D eigenvalue weighted by Gasteiger charge is -2.12. The van der Waals surface area contributed by atoms with Crippen LogP contribution in [0.3, 0.4) is 0 Å².